The van der Waals surface area contributed by atoms with Crippen LogP contribution in [0.1, 0.15) is 79.2 Å². The largest absolute Gasteiger partial charge is 0.463 e. The van der Waals surface area contributed by atoms with E-state index in [-0.39, 0.29) is 56.6 Å². The van der Waals surface area contributed by atoms with E-state index in [2.05, 4.69) is 21.3 Å². The molecule has 0 radical (unpaired) electrons. The first-order chi connectivity index (χ1) is 22.2. The summed E-state index contributed by atoms with van der Waals surface area (Å²) in [4.78, 5) is 76.7. The van der Waals surface area contributed by atoms with E-state index in [9.17, 15) is 28.8 Å². The van der Waals surface area contributed by atoms with Gasteiger partial charge in [0.25, 0.3) is 0 Å². The van der Waals surface area contributed by atoms with Crippen molar-refractivity contribution in [2.24, 2.45) is 11.8 Å². The molecule has 0 aromatic heterocycles. The standard InChI is InChI=1S/C34H50N4O9/c1-7-45-28(39)15-13-25(20-24-17-18-35-30(24)41)36-32(43)27(19-22(2)3)37-31(42)26(14-16-29(40)47-34(4,5)6)38-33(44)46-21-23-11-9-8-10-12-23/h8-13,15,22,24-27H,7,14,16-21H2,1-6H3,(H,35,41)(H,36,43)(H,37,42)(H,38,44)/b15-13+/t24-,25+,26-,27-/m0/s1. The Balaban J connectivity index is 2.21. The lowest BCUT2D eigenvalue weighted by atomic mass is 9.96. The van der Waals surface area contributed by atoms with Crippen molar-refractivity contribution < 1.29 is 43.0 Å². The predicted octanol–water partition coefficient (Wildman–Crippen LogP) is 3.06. The van der Waals surface area contributed by atoms with Gasteiger partial charge in [-0.3, -0.25) is 19.2 Å². The maximum atomic E-state index is 13.6. The topological polar surface area (TPSA) is 178 Å². The van der Waals surface area contributed by atoms with Crippen molar-refractivity contribution in [2.45, 2.75) is 104 Å². The second kappa shape index (κ2) is 19.3. The minimum absolute atomic E-state index is 0.0239. The van der Waals surface area contributed by atoms with Crippen molar-refractivity contribution in [2.75, 3.05) is 13.2 Å². The number of carbonyl (C=O) groups excluding carboxylic acids is 6. The molecule has 260 valence electrons. The van der Waals surface area contributed by atoms with Crippen molar-refractivity contribution in [1.29, 1.82) is 0 Å². The van der Waals surface area contributed by atoms with E-state index >= 15 is 0 Å². The number of hydrogen-bond acceptors (Lipinski definition) is 9. The van der Waals surface area contributed by atoms with Gasteiger partial charge in [-0.15, -0.1) is 0 Å². The molecule has 1 aromatic carbocycles. The van der Waals surface area contributed by atoms with E-state index in [0.29, 0.717) is 13.0 Å². The Morgan fingerprint density at radius 1 is 0.979 bits per heavy atom. The van der Waals surface area contributed by atoms with Gasteiger partial charge in [-0.2, -0.15) is 0 Å². The van der Waals surface area contributed by atoms with Gasteiger partial charge in [0.15, 0.2) is 0 Å². The third-order valence-corrected chi connectivity index (χ3v) is 7.00. The van der Waals surface area contributed by atoms with E-state index < -0.39 is 53.6 Å². The molecule has 0 unspecified atom stereocenters. The van der Waals surface area contributed by atoms with Gasteiger partial charge in [-0.25, -0.2) is 9.59 Å². The Bertz CT molecular complexity index is 1240. The van der Waals surface area contributed by atoms with E-state index in [1.165, 1.54) is 12.2 Å². The molecule has 0 saturated carbocycles. The van der Waals surface area contributed by atoms with E-state index in [4.69, 9.17) is 14.2 Å². The lowest BCUT2D eigenvalue weighted by Gasteiger charge is -2.26. The summed E-state index contributed by atoms with van der Waals surface area (Å²) in [6, 6.07) is 6.02. The molecule has 1 saturated heterocycles. The number of hydrogen-bond donors (Lipinski definition) is 4. The fourth-order valence-corrected chi connectivity index (χ4v) is 4.84. The van der Waals surface area contributed by atoms with E-state index in [1.54, 1.807) is 52.0 Å². The zero-order valence-electron chi connectivity index (χ0n) is 28.3. The van der Waals surface area contributed by atoms with Gasteiger partial charge in [0.05, 0.1) is 6.61 Å². The molecular formula is C34H50N4O9. The van der Waals surface area contributed by atoms with Crippen LogP contribution < -0.4 is 21.3 Å². The van der Waals surface area contributed by atoms with Crippen LogP contribution in [0.25, 0.3) is 0 Å². The van der Waals surface area contributed by atoms with Crippen molar-refractivity contribution in [3.8, 4) is 0 Å². The fourth-order valence-electron chi connectivity index (χ4n) is 4.84. The van der Waals surface area contributed by atoms with Crippen molar-refractivity contribution >= 4 is 35.8 Å². The minimum atomic E-state index is -1.23. The van der Waals surface area contributed by atoms with Gasteiger partial charge in [0.1, 0.15) is 24.3 Å². The number of rotatable bonds is 17. The molecule has 4 N–H and O–H groups in total. The summed E-state index contributed by atoms with van der Waals surface area (Å²) in [6.07, 6.45) is 2.57. The second-order valence-corrected chi connectivity index (χ2v) is 12.8. The van der Waals surface area contributed by atoms with Gasteiger partial charge in [0, 0.05) is 31.0 Å². The van der Waals surface area contributed by atoms with Crippen LogP contribution in [0, 0.1) is 11.8 Å². The molecule has 0 bridgehead atoms. The molecule has 0 spiro atoms. The molecule has 4 amide bonds. The molecule has 1 fully saturated rings. The lowest BCUT2D eigenvalue weighted by molar-refractivity contribution is -0.155. The third-order valence-electron chi connectivity index (χ3n) is 7.00. The Kier molecular flexibility index (Phi) is 15.9. The molecule has 13 nitrogen and oxygen atoms in total. The van der Waals surface area contributed by atoms with Gasteiger partial charge >= 0.3 is 18.0 Å². The quantitative estimate of drug-likeness (QED) is 0.111. The van der Waals surface area contributed by atoms with Crippen molar-refractivity contribution in [3.63, 3.8) is 0 Å². The molecular weight excluding hydrogens is 608 g/mol. The Morgan fingerprint density at radius 3 is 2.26 bits per heavy atom. The molecule has 2 rings (SSSR count). The number of nitrogens with one attached hydrogen (secondary N) is 4. The van der Waals surface area contributed by atoms with Gasteiger partial charge < -0.3 is 35.5 Å². The number of carbonyl (C=O) groups is 6. The van der Waals surface area contributed by atoms with Gasteiger partial charge in [-0.05, 0) is 64.9 Å². The summed E-state index contributed by atoms with van der Waals surface area (Å²) in [5, 5.41) is 10.9. The molecule has 47 heavy (non-hydrogen) atoms. The first-order valence-electron chi connectivity index (χ1n) is 16.1. The molecule has 0 aliphatic carbocycles. The summed E-state index contributed by atoms with van der Waals surface area (Å²) < 4.78 is 15.6. The summed E-state index contributed by atoms with van der Waals surface area (Å²) >= 11 is 0. The predicted molar refractivity (Wildman–Crippen MR) is 173 cm³/mol. The number of esters is 2. The maximum Gasteiger partial charge on any atom is 0.408 e. The maximum absolute atomic E-state index is 13.6. The first kappa shape index (κ1) is 38.8. The van der Waals surface area contributed by atoms with Crippen LogP contribution in [0.5, 0.6) is 0 Å². The summed E-state index contributed by atoms with van der Waals surface area (Å²) in [5.41, 5.74) is 0.00196. The molecule has 1 heterocycles. The molecule has 1 aliphatic rings. The number of ether oxygens (including phenoxy) is 3. The normalized spacial score (nSPS) is 16.5. The third kappa shape index (κ3) is 15.6. The number of alkyl carbamates (subject to hydrolysis) is 1. The van der Waals surface area contributed by atoms with Crippen LogP contribution in [0.3, 0.4) is 0 Å². The number of benzene rings is 1. The van der Waals surface area contributed by atoms with Crippen LogP contribution in [0.4, 0.5) is 4.79 Å². The highest BCUT2D eigenvalue weighted by Gasteiger charge is 2.32. The zero-order chi connectivity index (χ0) is 35.0. The van der Waals surface area contributed by atoms with Crippen LogP contribution in [0.15, 0.2) is 42.5 Å². The Hall–Kier alpha value is -4.42. The zero-order valence-corrected chi connectivity index (χ0v) is 28.3. The number of amides is 4. The monoisotopic (exact) mass is 658 g/mol. The van der Waals surface area contributed by atoms with Crippen molar-refractivity contribution in [1.82, 2.24) is 21.3 Å². The second-order valence-electron chi connectivity index (χ2n) is 12.8. The minimum Gasteiger partial charge on any atom is -0.463 e. The van der Waals surface area contributed by atoms with Crippen molar-refractivity contribution in [3.05, 3.63) is 48.0 Å². The summed E-state index contributed by atoms with van der Waals surface area (Å²) in [7, 11) is 0. The van der Waals surface area contributed by atoms with E-state index in [1.807, 2.05) is 19.9 Å². The Morgan fingerprint density at radius 2 is 1.66 bits per heavy atom. The summed E-state index contributed by atoms with van der Waals surface area (Å²) in [5.74, 6) is -2.91. The average molecular weight is 659 g/mol. The molecule has 1 aromatic rings. The lowest BCUT2D eigenvalue weighted by Crippen LogP contribution is -2.55. The Labute approximate surface area is 276 Å². The van der Waals surface area contributed by atoms with E-state index in [0.717, 1.165) is 5.56 Å². The molecule has 13 heteroatoms. The summed E-state index contributed by atoms with van der Waals surface area (Å²) in [6.45, 7) is 11.3. The van der Waals surface area contributed by atoms with Crippen LogP contribution in [-0.4, -0.2) is 72.6 Å². The smallest absolute Gasteiger partial charge is 0.408 e. The highest BCUT2D eigenvalue weighted by Crippen LogP contribution is 2.18. The van der Waals surface area contributed by atoms with Crippen LogP contribution in [0.2, 0.25) is 0 Å². The first-order valence-corrected chi connectivity index (χ1v) is 16.1. The van der Waals surface area contributed by atoms with Crippen LogP contribution >= 0.6 is 0 Å². The van der Waals surface area contributed by atoms with Crippen LogP contribution in [-0.2, 0) is 44.8 Å². The SMILES string of the molecule is CCOC(=O)/C=C/[C@H](C[C@@H]1CCNC1=O)NC(=O)[C@H](CC(C)C)NC(=O)[C@H](CCC(=O)OC(C)(C)C)NC(=O)OCc1ccccc1. The average Bonchev–Trinajstić information content (AvgIpc) is 3.39. The molecule has 1 aliphatic heterocycles. The highest BCUT2D eigenvalue weighted by atomic mass is 16.6. The highest BCUT2D eigenvalue weighted by molar-refractivity contribution is 5.92. The van der Waals surface area contributed by atoms with Gasteiger partial charge in [0.2, 0.25) is 17.7 Å². The van der Waals surface area contributed by atoms with Gasteiger partial charge in [-0.1, -0.05) is 50.3 Å². The molecule has 4 atom stereocenters. The fraction of sp³-hybridized carbons (Fsp3) is 0.588.